The van der Waals surface area contributed by atoms with Crippen LogP contribution in [0, 0.1) is 13.8 Å². The minimum absolute atomic E-state index is 0.139. The lowest BCUT2D eigenvalue weighted by atomic mass is 10.2. The number of nitrogens with zero attached hydrogens (tertiary/aromatic N) is 4. The fraction of sp³-hybridized carbons (Fsp3) is 0.526. The van der Waals surface area contributed by atoms with E-state index in [1.54, 1.807) is 12.4 Å². The zero-order chi connectivity index (χ0) is 17.6. The maximum atomic E-state index is 12.8. The first-order chi connectivity index (χ1) is 12.1. The van der Waals surface area contributed by atoms with Crippen LogP contribution in [-0.2, 0) is 22.6 Å². The molecule has 1 fully saturated rings. The molecule has 6 nitrogen and oxygen atoms in total. The maximum absolute atomic E-state index is 12.8. The van der Waals surface area contributed by atoms with Gasteiger partial charge in [-0.1, -0.05) is 0 Å². The fourth-order valence-electron chi connectivity index (χ4n) is 3.26. The van der Waals surface area contributed by atoms with E-state index < -0.39 is 0 Å². The number of aryl methyl sites for hydroxylation is 3. The van der Waals surface area contributed by atoms with Crippen molar-refractivity contribution in [2.75, 3.05) is 13.2 Å². The van der Waals surface area contributed by atoms with E-state index in [1.807, 2.05) is 41.6 Å². The van der Waals surface area contributed by atoms with Gasteiger partial charge < -0.3 is 9.64 Å². The summed E-state index contributed by atoms with van der Waals surface area (Å²) in [6, 6.07) is 5.94. The van der Waals surface area contributed by atoms with Crippen molar-refractivity contribution in [3.05, 3.63) is 47.5 Å². The molecule has 2 aromatic rings. The minimum Gasteiger partial charge on any atom is -0.376 e. The van der Waals surface area contributed by atoms with Crippen LogP contribution >= 0.6 is 0 Å². The molecule has 0 bridgehead atoms. The molecule has 3 rings (SSSR count). The summed E-state index contributed by atoms with van der Waals surface area (Å²) >= 11 is 0. The van der Waals surface area contributed by atoms with Gasteiger partial charge in [-0.25, -0.2) is 0 Å². The van der Waals surface area contributed by atoms with E-state index in [1.165, 1.54) is 0 Å². The lowest BCUT2D eigenvalue weighted by Gasteiger charge is -2.26. The number of rotatable bonds is 7. The number of hydrogen-bond acceptors (Lipinski definition) is 4. The third kappa shape index (κ3) is 4.89. The quantitative estimate of drug-likeness (QED) is 0.776. The molecule has 0 radical (unpaired) electrons. The molecule has 0 unspecified atom stereocenters. The Hall–Kier alpha value is -2.21. The average molecular weight is 342 g/mol. The topological polar surface area (TPSA) is 60.2 Å². The summed E-state index contributed by atoms with van der Waals surface area (Å²) in [5, 5.41) is 4.44. The van der Waals surface area contributed by atoms with Gasteiger partial charge in [0.05, 0.1) is 11.8 Å². The zero-order valence-electron chi connectivity index (χ0n) is 15.0. The first-order valence-corrected chi connectivity index (χ1v) is 8.91. The first-order valence-electron chi connectivity index (χ1n) is 8.91. The Balaban J connectivity index is 1.64. The Kier molecular flexibility index (Phi) is 5.81. The molecule has 2 aromatic heterocycles. The largest absolute Gasteiger partial charge is 0.376 e. The van der Waals surface area contributed by atoms with Crippen LogP contribution in [0.5, 0.6) is 0 Å². The van der Waals surface area contributed by atoms with Crippen LogP contribution in [0.4, 0.5) is 0 Å². The van der Waals surface area contributed by atoms with E-state index in [4.69, 9.17) is 4.74 Å². The van der Waals surface area contributed by atoms with Crippen molar-refractivity contribution in [1.29, 1.82) is 0 Å². The van der Waals surface area contributed by atoms with Crippen molar-refractivity contribution in [3.63, 3.8) is 0 Å². The second-order valence-electron chi connectivity index (χ2n) is 6.66. The minimum atomic E-state index is 0.139. The number of pyridine rings is 1. The van der Waals surface area contributed by atoms with Crippen LogP contribution in [0.1, 0.15) is 36.2 Å². The van der Waals surface area contributed by atoms with Gasteiger partial charge in [0.25, 0.3) is 0 Å². The highest BCUT2D eigenvalue weighted by Crippen LogP contribution is 2.16. The van der Waals surface area contributed by atoms with Crippen molar-refractivity contribution in [2.45, 2.75) is 52.3 Å². The molecule has 1 aliphatic rings. The van der Waals surface area contributed by atoms with Gasteiger partial charge in [-0.15, -0.1) is 0 Å². The third-order valence-electron chi connectivity index (χ3n) is 4.56. The van der Waals surface area contributed by atoms with Crippen molar-refractivity contribution in [3.8, 4) is 0 Å². The average Bonchev–Trinajstić information content (AvgIpc) is 3.22. The molecule has 1 amide bonds. The normalized spacial score (nSPS) is 17.0. The summed E-state index contributed by atoms with van der Waals surface area (Å²) in [6.07, 6.45) is 6.23. The summed E-state index contributed by atoms with van der Waals surface area (Å²) in [5.74, 6) is 0.139. The molecule has 0 aliphatic carbocycles. The molecule has 1 atom stereocenters. The van der Waals surface area contributed by atoms with E-state index in [0.29, 0.717) is 26.1 Å². The van der Waals surface area contributed by atoms with Gasteiger partial charge in [-0.2, -0.15) is 5.10 Å². The van der Waals surface area contributed by atoms with Gasteiger partial charge in [0.15, 0.2) is 0 Å². The Morgan fingerprint density at radius 1 is 1.36 bits per heavy atom. The molecule has 6 heteroatoms. The monoisotopic (exact) mass is 342 g/mol. The van der Waals surface area contributed by atoms with Crippen molar-refractivity contribution >= 4 is 5.91 Å². The lowest BCUT2D eigenvalue weighted by Crippen LogP contribution is -2.37. The number of carbonyl (C=O) groups excluding carboxylic acids is 1. The van der Waals surface area contributed by atoms with E-state index in [0.717, 1.165) is 36.4 Å². The van der Waals surface area contributed by atoms with E-state index in [9.17, 15) is 4.79 Å². The highest BCUT2D eigenvalue weighted by molar-refractivity contribution is 5.76. The predicted molar refractivity (Wildman–Crippen MR) is 94.9 cm³/mol. The molecule has 3 heterocycles. The standard InChI is InChI=1S/C19H26N4O2/c1-15-12-16(2)23(21-15)10-7-19(24)22(14-18-4-3-11-25-18)13-17-5-8-20-9-6-17/h5-6,8-9,12,18H,3-4,7,10-11,13-14H2,1-2H3/t18-/m0/s1. The smallest absolute Gasteiger partial charge is 0.224 e. The number of carbonyl (C=O) groups is 1. The molecule has 0 aromatic carbocycles. The summed E-state index contributed by atoms with van der Waals surface area (Å²) in [7, 11) is 0. The molecule has 0 N–H and O–H groups in total. The van der Waals surface area contributed by atoms with Crippen LogP contribution in [0.2, 0.25) is 0 Å². The lowest BCUT2D eigenvalue weighted by molar-refractivity contribution is -0.133. The summed E-state index contributed by atoms with van der Waals surface area (Å²) < 4.78 is 7.64. The summed E-state index contributed by atoms with van der Waals surface area (Å²) in [6.45, 7) is 6.64. The molecule has 1 saturated heterocycles. The predicted octanol–water partition coefficient (Wildman–Crippen LogP) is 2.49. The van der Waals surface area contributed by atoms with Crippen LogP contribution in [-0.4, -0.2) is 44.8 Å². The van der Waals surface area contributed by atoms with Crippen LogP contribution in [0.25, 0.3) is 0 Å². The van der Waals surface area contributed by atoms with Crippen LogP contribution < -0.4 is 0 Å². The summed E-state index contributed by atoms with van der Waals surface area (Å²) in [5.41, 5.74) is 3.16. The first kappa shape index (κ1) is 17.6. The van der Waals surface area contributed by atoms with Gasteiger partial charge in [0.2, 0.25) is 5.91 Å². The molecule has 25 heavy (non-hydrogen) atoms. The van der Waals surface area contributed by atoms with E-state index >= 15 is 0 Å². The highest BCUT2D eigenvalue weighted by atomic mass is 16.5. The fourth-order valence-corrected chi connectivity index (χ4v) is 3.26. The van der Waals surface area contributed by atoms with Gasteiger partial charge >= 0.3 is 0 Å². The van der Waals surface area contributed by atoms with Crippen LogP contribution in [0.3, 0.4) is 0 Å². The van der Waals surface area contributed by atoms with Crippen molar-refractivity contribution in [2.24, 2.45) is 0 Å². The Bertz CT molecular complexity index is 693. The Labute approximate surface area is 148 Å². The Morgan fingerprint density at radius 2 is 2.16 bits per heavy atom. The van der Waals surface area contributed by atoms with Crippen LogP contribution in [0.15, 0.2) is 30.6 Å². The molecular formula is C19H26N4O2. The second-order valence-corrected chi connectivity index (χ2v) is 6.66. The van der Waals surface area contributed by atoms with Crippen molar-refractivity contribution in [1.82, 2.24) is 19.7 Å². The number of hydrogen-bond donors (Lipinski definition) is 0. The van der Waals surface area contributed by atoms with Crippen molar-refractivity contribution < 1.29 is 9.53 Å². The van der Waals surface area contributed by atoms with Gasteiger partial charge in [-0.3, -0.25) is 14.5 Å². The molecular weight excluding hydrogens is 316 g/mol. The maximum Gasteiger partial charge on any atom is 0.224 e. The Morgan fingerprint density at radius 3 is 2.80 bits per heavy atom. The van der Waals surface area contributed by atoms with Gasteiger partial charge in [0, 0.05) is 50.7 Å². The summed E-state index contributed by atoms with van der Waals surface area (Å²) in [4.78, 5) is 18.8. The molecule has 0 saturated carbocycles. The number of ether oxygens (including phenoxy) is 1. The van der Waals surface area contributed by atoms with E-state index in [-0.39, 0.29) is 12.0 Å². The number of amides is 1. The SMILES string of the molecule is Cc1cc(C)n(CCC(=O)N(Cc2ccncc2)C[C@@H]2CCCO2)n1. The van der Waals surface area contributed by atoms with Gasteiger partial charge in [0.1, 0.15) is 0 Å². The third-order valence-corrected chi connectivity index (χ3v) is 4.56. The molecule has 1 aliphatic heterocycles. The molecule has 0 spiro atoms. The zero-order valence-corrected chi connectivity index (χ0v) is 15.0. The number of aromatic nitrogens is 3. The molecule has 134 valence electrons. The highest BCUT2D eigenvalue weighted by Gasteiger charge is 2.22. The van der Waals surface area contributed by atoms with E-state index in [2.05, 4.69) is 10.1 Å². The van der Waals surface area contributed by atoms with Gasteiger partial charge in [-0.05, 0) is 50.5 Å². The second kappa shape index (κ2) is 8.25.